The molecule has 1 aliphatic rings. The van der Waals surface area contributed by atoms with E-state index in [1.165, 1.54) is 70.8 Å². The third-order valence-corrected chi connectivity index (χ3v) is 11.0. The van der Waals surface area contributed by atoms with E-state index in [0.29, 0.717) is 0 Å². The molecule has 0 fully saturated rings. The number of aliphatic imine (C=N–C) groups is 1. The van der Waals surface area contributed by atoms with Crippen molar-refractivity contribution in [1.29, 1.82) is 0 Å². The Morgan fingerprint density at radius 2 is 1.08 bits per heavy atom. The van der Waals surface area contributed by atoms with Crippen molar-refractivity contribution in [3.05, 3.63) is 199 Å². The quantitative estimate of drug-likeness (QED) is 0.198. The molecule has 10 aromatic rings. The number of fused-ring (bicyclic) bond motifs is 9. The van der Waals surface area contributed by atoms with Crippen LogP contribution in [0.5, 0.6) is 0 Å². The standard InChI is InChI=1S/C50H33N3/c1-2-11-32(12-3-1)33-21-23-36(24-22-33)49-50(52-44-20-9-8-19-43(44)51-49)42-18-10-15-37-31-38(27-28-39(37)42)53-45-29-25-34-13-4-6-16-40(34)47(45)48-41-17-7-5-14-35(41)26-30-46(48)53/h1-31,49,51H. The van der Waals surface area contributed by atoms with E-state index in [9.17, 15) is 0 Å². The van der Waals surface area contributed by atoms with Crippen molar-refractivity contribution >= 4 is 71.2 Å². The van der Waals surface area contributed by atoms with Gasteiger partial charge in [-0.05, 0) is 85.4 Å². The zero-order chi connectivity index (χ0) is 34.9. The number of hydrogen-bond donors (Lipinski definition) is 1. The van der Waals surface area contributed by atoms with Crippen LogP contribution in [0.1, 0.15) is 17.2 Å². The van der Waals surface area contributed by atoms with Crippen molar-refractivity contribution in [3.63, 3.8) is 0 Å². The first-order chi connectivity index (χ1) is 26.3. The smallest absolute Gasteiger partial charge is 0.0947 e. The van der Waals surface area contributed by atoms with Crippen molar-refractivity contribution < 1.29 is 0 Å². The predicted molar refractivity (Wildman–Crippen MR) is 224 cm³/mol. The third-order valence-electron chi connectivity index (χ3n) is 11.0. The van der Waals surface area contributed by atoms with Gasteiger partial charge in [-0.25, -0.2) is 4.99 Å². The minimum Gasteiger partial charge on any atom is -0.371 e. The van der Waals surface area contributed by atoms with Crippen LogP contribution in [0.4, 0.5) is 11.4 Å². The highest BCUT2D eigenvalue weighted by Gasteiger charge is 2.27. The Bertz CT molecular complexity index is 2990. The number of nitrogens with one attached hydrogen (secondary N) is 1. The summed E-state index contributed by atoms with van der Waals surface area (Å²) in [4.78, 5) is 5.37. The van der Waals surface area contributed by atoms with Crippen molar-refractivity contribution in [3.8, 4) is 16.8 Å². The van der Waals surface area contributed by atoms with Gasteiger partial charge in [-0.3, -0.25) is 0 Å². The van der Waals surface area contributed by atoms with Gasteiger partial charge in [0.2, 0.25) is 0 Å². The Kier molecular flexibility index (Phi) is 6.62. The van der Waals surface area contributed by atoms with Gasteiger partial charge >= 0.3 is 0 Å². The molecular weight excluding hydrogens is 643 g/mol. The number of nitrogens with zero attached hydrogens (tertiary/aromatic N) is 2. The maximum Gasteiger partial charge on any atom is 0.0947 e. The van der Waals surface area contributed by atoms with Crippen molar-refractivity contribution in [2.45, 2.75) is 6.04 Å². The van der Waals surface area contributed by atoms with E-state index in [1.807, 2.05) is 0 Å². The van der Waals surface area contributed by atoms with Crippen molar-refractivity contribution in [1.82, 2.24) is 4.57 Å². The summed E-state index contributed by atoms with van der Waals surface area (Å²) in [6, 6.07) is 67.9. The molecule has 0 saturated heterocycles. The lowest BCUT2D eigenvalue weighted by atomic mass is 9.90. The highest BCUT2D eigenvalue weighted by molar-refractivity contribution is 6.28. The summed E-state index contributed by atoms with van der Waals surface area (Å²) >= 11 is 0. The Labute approximate surface area is 307 Å². The summed E-state index contributed by atoms with van der Waals surface area (Å²) in [5.74, 6) is 0. The maximum absolute atomic E-state index is 5.37. The minimum absolute atomic E-state index is 0.112. The molecule has 11 rings (SSSR count). The van der Waals surface area contributed by atoms with Gasteiger partial charge in [-0.1, -0.05) is 152 Å². The summed E-state index contributed by atoms with van der Waals surface area (Å²) in [7, 11) is 0. The topological polar surface area (TPSA) is 29.3 Å². The molecule has 3 nitrogen and oxygen atoms in total. The van der Waals surface area contributed by atoms with Crippen LogP contribution in [0.3, 0.4) is 0 Å². The number of rotatable bonds is 4. The Morgan fingerprint density at radius 3 is 1.81 bits per heavy atom. The number of anilines is 1. The van der Waals surface area contributed by atoms with Gasteiger partial charge in [-0.15, -0.1) is 0 Å². The lowest BCUT2D eigenvalue weighted by Crippen LogP contribution is -2.25. The Balaban J connectivity index is 1.09. The maximum atomic E-state index is 5.37. The molecule has 0 aliphatic carbocycles. The van der Waals surface area contributed by atoms with Crippen LogP contribution in [0.25, 0.3) is 70.9 Å². The molecule has 9 aromatic carbocycles. The van der Waals surface area contributed by atoms with Crippen LogP contribution in [0, 0.1) is 0 Å². The number of benzene rings is 9. The van der Waals surface area contributed by atoms with E-state index >= 15 is 0 Å². The zero-order valence-electron chi connectivity index (χ0n) is 28.9. The molecule has 0 spiro atoms. The van der Waals surface area contributed by atoms with Crippen LogP contribution in [0.2, 0.25) is 0 Å². The molecule has 53 heavy (non-hydrogen) atoms. The molecule has 248 valence electrons. The van der Waals surface area contributed by atoms with Crippen LogP contribution in [0.15, 0.2) is 193 Å². The second kappa shape index (κ2) is 11.8. The molecule has 0 amide bonds. The molecular formula is C50H33N3. The first-order valence-electron chi connectivity index (χ1n) is 18.3. The second-order valence-electron chi connectivity index (χ2n) is 14.0. The summed E-state index contributed by atoms with van der Waals surface area (Å²) < 4.78 is 2.45. The van der Waals surface area contributed by atoms with Gasteiger partial charge in [0.05, 0.1) is 34.2 Å². The Hall–Kier alpha value is -6.97. The first kappa shape index (κ1) is 29.7. The van der Waals surface area contributed by atoms with E-state index in [-0.39, 0.29) is 6.04 Å². The molecule has 1 aromatic heterocycles. The summed E-state index contributed by atoms with van der Waals surface area (Å²) in [6.45, 7) is 0. The predicted octanol–water partition coefficient (Wildman–Crippen LogP) is 13.2. The molecule has 1 atom stereocenters. The molecule has 0 radical (unpaired) electrons. The average Bonchev–Trinajstić information content (AvgIpc) is 3.59. The largest absolute Gasteiger partial charge is 0.371 e. The minimum atomic E-state index is -0.112. The number of para-hydroxylation sites is 2. The van der Waals surface area contributed by atoms with Gasteiger partial charge in [0.25, 0.3) is 0 Å². The van der Waals surface area contributed by atoms with E-state index in [0.717, 1.165) is 28.3 Å². The molecule has 3 heteroatoms. The van der Waals surface area contributed by atoms with Gasteiger partial charge in [0.15, 0.2) is 0 Å². The van der Waals surface area contributed by atoms with Gasteiger partial charge < -0.3 is 9.88 Å². The summed E-state index contributed by atoms with van der Waals surface area (Å²) in [6.07, 6.45) is 0. The zero-order valence-corrected chi connectivity index (χ0v) is 28.9. The molecule has 2 heterocycles. The average molecular weight is 676 g/mol. The van der Waals surface area contributed by atoms with Crippen LogP contribution >= 0.6 is 0 Å². The lowest BCUT2D eigenvalue weighted by Gasteiger charge is -2.28. The van der Waals surface area contributed by atoms with Gasteiger partial charge in [0.1, 0.15) is 0 Å². The first-order valence-corrected chi connectivity index (χ1v) is 18.3. The summed E-state index contributed by atoms with van der Waals surface area (Å²) in [5.41, 5.74) is 11.3. The van der Waals surface area contributed by atoms with Gasteiger partial charge in [-0.2, -0.15) is 0 Å². The van der Waals surface area contributed by atoms with Crippen LogP contribution in [-0.2, 0) is 0 Å². The van der Waals surface area contributed by atoms with Gasteiger partial charge in [0, 0.05) is 22.0 Å². The van der Waals surface area contributed by atoms with Crippen molar-refractivity contribution in [2.24, 2.45) is 4.99 Å². The molecule has 1 aliphatic heterocycles. The fraction of sp³-hybridized carbons (Fsp3) is 0.0200. The molecule has 1 unspecified atom stereocenters. The van der Waals surface area contributed by atoms with Crippen LogP contribution < -0.4 is 5.32 Å². The SMILES string of the molecule is c1ccc(-c2ccc(C3Nc4ccccc4N=C3c3cccc4cc(-n5c6ccc7ccccc7c6c6c7ccccc7ccc65)ccc34)cc2)cc1. The lowest BCUT2D eigenvalue weighted by molar-refractivity contribution is 1.02. The molecule has 0 bridgehead atoms. The summed E-state index contributed by atoms with van der Waals surface area (Å²) in [5, 5.41) is 13.9. The fourth-order valence-electron chi connectivity index (χ4n) is 8.53. The van der Waals surface area contributed by atoms with Crippen molar-refractivity contribution in [2.75, 3.05) is 5.32 Å². The second-order valence-corrected chi connectivity index (χ2v) is 14.0. The normalized spacial score (nSPS) is 14.1. The monoisotopic (exact) mass is 675 g/mol. The third kappa shape index (κ3) is 4.71. The Morgan fingerprint density at radius 1 is 0.453 bits per heavy atom. The van der Waals surface area contributed by atoms with E-state index < -0.39 is 0 Å². The number of aromatic nitrogens is 1. The van der Waals surface area contributed by atoms with E-state index in [4.69, 9.17) is 4.99 Å². The van der Waals surface area contributed by atoms with E-state index in [1.54, 1.807) is 0 Å². The number of hydrogen-bond acceptors (Lipinski definition) is 2. The van der Waals surface area contributed by atoms with E-state index in [2.05, 4.69) is 198 Å². The highest BCUT2D eigenvalue weighted by atomic mass is 15.0. The fourth-order valence-corrected chi connectivity index (χ4v) is 8.53. The highest BCUT2D eigenvalue weighted by Crippen LogP contribution is 2.42. The van der Waals surface area contributed by atoms with Crippen LogP contribution in [-0.4, -0.2) is 10.3 Å². The molecule has 0 saturated carbocycles. The molecule has 1 N–H and O–H groups in total.